The molecule has 138 valence electrons. The zero-order chi connectivity index (χ0) is 19.2. The van der Waals surface area contributed by atoms with Crippen LogP contribution in [0, 0.1) is 13.8 Å². The third-order valence-corrected chi connectivity index (χ3v) is 4.41. The maximum atomic E-state index is 11.3. The van der Waals surface area contributed by atoms with Crippen molar-refractivity contribution in [3.63, 3.8) is 0 Å². The molecule has 2 rings (SSSR count). The van der Waals surface area contributed by atoms with Crippen LogP contribution in [-0.4, -0.2) is 48.7 Å². The van der Waals surface area contributed by atoms with Crippen molar-refractivity contribution in [2.45, 2.75) is 39.1 Å². The first kappa shape index (κ1) is 19.0. The summed E-state index contributed by atoms with van der Waals surface area (Å²) in [5.41, 5.74) is 1.78. The predicted molar refractivity (Wildman–Crippen MR) is 84.3 cm³/mol. The molecular weight excluding hydrogens is 356 g/mol. The Morgan fingerprint density at radius 2 is 1.80 bits per heavy atom. The Morgan fingerprint density at radius 3 is 2.28 bits per heavy atom. The number of rotatable bonds is 6. The Morgan fingerprint density at radius 1 is 1.24 bits per heavy atom. The summed E-state index contributed by atoms with van der Waals surface area (Å²) in [5, 5.41) is 18.4. The molecule has 0 fully saturated rings. The van der Waals surface area contributed by atoms with Crippen LogP contribution < -0.4 is 9.47 Å². The highest BCUT2D eigenvalue weighted by atomic mass is 32.2. The largest absolute Gasteiger partial charge is 0.475 e. The lowest BCUT2D eigenvalue weighted by atomic mass is 9.96. The molecule has 1 aromatic carbocycles. The Bertz CT molecular complexity index is 827. The fraction of sp³-hybridized carbons (Fsp3) is 0.467. The molecule has 0 spiro atoms. The molecule has 10 heteroatoms. The van der Waals surface area contributed by atoms with Gasteiger partial charge in [0.2, 0.25) is 0 Å². The molecule has 0 saturated heterocycles. The van der Waals surface area contributed by atoms with Gasteiger partial charge in [-0.25, -0.2) is 9.59 Å². The smallest absolute Gasteiger partial charge is 0.453 e. The van der Waals surface area contributed by atoms with Crippen LogP contribution in [0.2, 0.25) is 0 Å². The minimum atomic E-state index is -3.63. The van der Waals surface area contributed by atoms with Crippen LogP contribution in [0.15, 0.2) is 6.07 Å². The monoisotopic (exact) mass is 374 g/mol. The van der Waals surface area contributed by atoms with E-state index in [-0.39, 0.29) is 17.9 Å². The molecule has 1 aliphatic rings. The summed E-state index contributed by atoms with van der Waals surface area (Å²) >= 11 is 0. The Labute approximate surface area is 144 Å². The van der Waals surface area contributed by atoms with Crippen LogP contribution in [0.5, 0.6) is 11.5 Å². The molecule has 0 bridgehead atoms. The van der Waals surface area contributed by atoms with Crippen LogP contribution in [0.3, 0.4) is 0 Å². The molecule has 25 heavy (non-hydrogen) atoms. The average molecular weight is 374 g/mol. The lowest BCUT2D eigenvalue weighted by molar-refractivity contribution is -0.194. The van der Waals surface area contributed by atoms with Crippen molar-refractivity contribution in [1.29, 1.82) is 0 Å². The van der Waals surface area contributed by atoms with E-state index in [0.717, 1.165) is 6.26 Å². The zero-order valence-electron chi connectivity index (χ0n) is 14.0. The normalized spacial score (nSPS) is 16.5. The maximum Gasteiger partial charge on any atom is 0.453 e. The van der Waals surface area contributed by atoms with Crippen molar-refractivity contribution in [3.05, 3.63) is 22.8 Å². The topological polar surface area (TPSA) is 136 Å². The van der Waals surface area contributed by atoms with Gasteiger partial charge in [-0.05, 0) is 43.5 Å². The molecule has 2 N–H and O–H groups in total. The summed E-state index contributed by atoms with van der Waals surface area (Å²) in [5.74, 6) is -6.42. The molecule has 0 saturated carbocycles. The number of ether oxygens (including phenoxy) is 2. The zero-order valence-corrected chi connectivity index (χ0v) is 14.8. The van der Waals surface area contributed by atoms with Crippen molar-refractivity contribution in [2.75, 3.05) is 6.26 Å². The fourth-order valence-corrected chi connectivity index (χ4v) is 3.35. The van der Waals surface area contributed by atoms with Gasteiger partial charge in [0.25, 0.3) is 10.1 Å². The highest BCUT2D eigenvalue weighted by Gasteiger charge is 2.58. The number of aryl methyl sites for hydroxylation is 1. The van der Waals surface area contributed by atoms with E-state index in [1.165, 1.54) is 6.07 Å². The fourth-order valence-electron chi connectivity index (χ4n) is 2.69. The van der Waals surface area contributed by atoms with E-state index < -0.39 is 33.9 Å². The second-order valence-electron chi connectivity index (χ2n) is 5.87. The van der Waals surface area contributed by atoms with Crippen LogP contribution in [0.25, 0.3) is 0 Å². The standard InChI is InChI=1S/C15H18O9S/c1-7-5-11-12(23-15(22-11,13(16)17)14(18)19)9(3)10(7)6-8(2)24-25(4,20)21/h5,8H,6H2,1-4H3,(H,16,17)(H,18,19)/t8-/m0/s1. The van der Waals surface area contributed by atoms with E-state index in [1.54, 1.807) is 20.8 Å². The second kappa shape index (κ2) is 6.19. The molecule has 0 unspecified atom stereocenters. The van der Waals surface area contributed by atoms with E-state index in [0.29, 0.717) is 16.7 Å². The van der Waals surface area contributed by atoms with Gasteiger partial charge in [-0.1, -0.05) is 0 Å². The summed E-state index contributed by atoms with van der Waals surface area (Å²) < 4.78 is 37.6. The van der Waals surface area contributed by atoms with Gasteiger partial charge in [0.1, 0.15) is 0 Å². The van der Waals surface area contributed by atoms with Crippen molar-refractivity contribution in [3.8, 4) is 11.5 Å². The van der Waals surface area contributed by atoms with Gasteiger partial charge < -0.3 is 19.7 Å². The third-order valence-electron chi connectivity index (χ3n) is 3.73. The SMILES string of the molecule is Cc1cc2c(c(C)c1C[C@H](C)OS(C)(=O)=O)OC(C(=O)O)(C(=O)O)O2. The summed E-state index contributed by atoms with van der Waals surface area (Å²) in [6.45, 7) is 4.89. The van der Waals surface area contributed by atoms with Gasteiger partial charge in [0, 0.05) is 6.42 Å². The minimum absolute atomic E-state index is 0.000217. The lowest BCUT2D eigenvalue weighted by Crippen LogP contribution is -2.54. The molecular formula is C15H18O9S. The molecule has 0 radical (unpaired) electrons. The number of hydrogen-bond donors (Lipinski definition) is 2. The van der Waals surface area contributed by atoms with Gasteiger partial charge in [-0.3, -0.25) is 4.18 Å². The molecule has 9 nitrogen and oxygen atoms in total. The van der Waals surface area contributed by atoms with Gasteiger partial charge in [0.05, 0.1) is 12.4 Å². The number of carboxylic acid groups (broad SMARTS) is 2. The highest BCUT2D eigenvalue weighted by molar-refractivity contribution is 7.86. The number of hydrogen-bond acceptors (Lipinski definition) is 7. The quantitative estimate of drug-likeness (QED) is 0.548. The van der Waals surface area contributed by atoms with Crippen molar-refractivity contribution in [2.24, 2.45) is 0 Å². The van der Waals surface area contributed by atoms with E-state index in [4.69, 9.17) is 13.7 Å². The van der Waals surface area contributed by atoms with Crippen molar-refractivity contribution in [1.82, 2.24) is 0 Å². The van der Waals surface area contributed by atoms with Crippen molar-refractivity contribution < 1.29 is 41.9 Å². The summed E-state index contributed by atoms with van der Waals surface area (Å²) in [6, 6.07) is 1.46. The number of fused-ring (bicyclic) bond motifs is 1. The maximum absolute atomic E-state index is 11.3. The van der Waals surface area contributed by atoms with Crippen molar-refractivity contribution >= 4 is 22.1 Å². The highest BCUT2D eigenvalue weighted by Crippen LogP contribution is 2.45. The van der Waals surface area contributed by atoms with E-state index in [1.807, 2.05) is 0 Å². The Balaban J connectivity index is 2.42. The van der Waals surface area contributed by atoms with Crippen LogP contribution >= 0.6 is 0 Å². The second-order valence-corrected chi connectivity index (χ2v) is 7.47. The first-order valence-corrected chi connectivity index (χ1v) is 9.05. The van der Waals surface area contributed by atoms with Gasteiger partial charge in [-0.2, -0.15) is 8.42 Å². The van der Waals surface area contributed by atoms with Gasteiger partial charge >= 0.3 is 17.7 Å². The molecule has 0 aliphatic carbocycles. The van der Waals surface area contributed by atoms with Gasteiger partial charge in [0.15, 0.2) is 11.5 Å². The number of benzene rings is 1. The third kappa shape index (κ3) is 3.54. The number of carboxylic acids is 2. The van der Waals surface area contributed by atoms with Crippen LogP contribution in [0.4, 0.5) is 0 Å². The van der Waals surface area contributed by atoms with E-state index in [9.17, 15) is 28.2 Å². The predicted octanol–water partition coefficient (Wildman–Crippen LogP) is 0.847. The molecule has 1 atom stereocenters. The first-order chi connectivity index (χ1) is 11.4. The van der Waals surface area contributed by atoms with Crippen LogP contribution in [0.1, 0.15) is 23.6 Å². The first-order valence-electron chi connectivity index (χ1n) is 7.23. The summed E-state index contributed by atoms with van der Waals surface area (Å²) in [7, 11) is -3.63. The van der Waals surface area contributed by atoms with Crippen LogP contribution in [-0.2, 0) is 30.3 Å². The molecule has 0 amide bonds. The number of carbonyl (C=O) groups is 2. The number of aliphatic carboxylic acids is 2. The molecule has 1 aromatic rings. The molecule has 0 aromatic heterocycles. The Kier molecular flexibility index (Phi) is 4.71. The van der Waals surface area contributed by atoms with Gasteiger partial charge in [-0.15, -0.1) is 0 Å². The summed E-state index contributed by atoms with van der Waals surface area (Å²) in [4.78, 5) is 22.7. The van der Waals surface area contributed by atoms with E-state index in [2.05, 4.69) is 0 Å². The Hall–Kier alpha value is -2.33. The minimum Gasteiger partial charge on any atom is -0.475 e. The van der Waals surface area contributed by atoms with E-state index >= 15 is 0 Å². The summed E-state index contributed by atoms with van der Waals surface area (Å²) in [6.07, 6.45) is 0.474. The lowest BCUT2D eigenvalue weighted by Gasteiger charge is -2.17. The molecule has 1 aliphatic heterocycles. The average Bonchev–Trinajstić information content (AvgIpc) is 2.82. The molecule has 1 heterocycles.